The first kappa shape index (κ1) is 19.3. The minimum atomic E-state index is -0.648. The zero-order valence-corrected chi connectivity index (χ0v) is 15.4. The number of thioether (sulfide) groups is 1. The van der Waals surface area contributed by atoms with Crippen molar-refractivity contribution in [1.82, 2.24) is 5.32 Å². The predicted octanol–water partition coefficient (Wildman–Crippen LogP) is 2.81. The first-order chi connectivity index (χ1) is 13.5. The highest BCUT2D eigenvalue weighted by Gasteiger charge is 2.25. The van der Waals surface area contributed by atoms with E-state index in [2.05, 4.69) is 20.3 Å². The van der Waals surface area contributed by atoms with E-state index in [0.717, 1.165) is 29.0 Å². The van der Waals surface area contributed by atoms with Gasteiger partial charge in [0.25, 0.3) is 5.91 Å². The summed E-state index contributed by atoms with van der Waals surface area (Å²) in [6.45, 7) is 0. The Morgan fingerprint density at radius 1 is 1.21 bits per heavy atom. The van der Waals surface area contributed by atoms with Crippen LogP contribution in [0.1, 0.15) is 5.56 Å². The number of amidine groups is 1. The molecule has 1 saturated heterocycles. The molecule has 2 aromatic carbocycles. The van der Waals surface area contributed by atoms with Crippen molar-refractivity contribution in [2.24, 2.45) is 10.2 Å². The molecule has 0 bridgehead atoms. The van der Waals surface area contributed by atoms with Gasteiger partial charge in [0.2, 0.25) is 0 Å². The van der Waals surface area contributed by atoms with E-state index >= 15 is 0 Å². The molecule has 7 nitrogen and oxygen atoms in total. The number of nitrogens with zero attached hydrogens (tertiary/aromatic N) is 2. The number of rotatable bonds is 4. The third kappa shape index (κ3) is 4.63. The first-order valence-electron chi connectivity index (χ1n) is 7.95. The minimum absolute atomic E-state index is 0.0100. The third-order valence-electron chi connectivity index (χ3n) is 3.65. The lowest BCUT2D eigenvalue weighted by molar-refractivity contribution is -0.135. The number of carbonyl (C=O) groups is 2. The van der Waals surface area contributed by atoms with Gasteiger partial charge in [-0.2, -0.15) is 5.10 Å². The van der Waals surface area contributed by atoms with Crippen molar-refractivity contribution in [3.05, 3.63) is 64.8 Å². The zero-order chi connectivity index (χ0) is 20.1. The van der Waals surface area contributed by atoms with Gasteiger partial charge in [-0.15, -0.1) is 5.10 Å². The first-order valence-corrected chi connectivity index (χ1v) is 8.77. The molecule has 142 valence electrons. The van der Waals surface area contributed by atoms with E-state index in [9.17, 15) is 19.1 Å². The molecule has 1 heterocycles. The number of amides is 1. The van der Waals surface area contributed by atoms with Crippen LogP contribution >= 0.6 is 11.8 Å². The summed E-state index contributed by atoms with van der Waals surface area (Å²) in [7, 11) is 1.21. The summed E-state index contributed by atoms with van der Waals surface area (Å²) in [5.41, 5.74) is 1.93. The lowest BCUT2D eigenvalue weighted by Gasteiger charge is -2.04. The fourth-order valence-electron chi connectivity index (χ4n) is 2.26. The zero-order valence-electron chi connectivity index (χ0n) is 14.5. The molecule has 0 unspecified atom stereocenters. The molecule has 0 radical (unpaired) electrons. The van der Waals surface area contributed by atoms with Crippen LogP contribution in [0, 0.1) is 5.82 Å². The highest BCUT2D eigenvalue weighted by atomic mass is 32.2. The van der Waals surface area contributed by atoms with Crippen molar-refractivity contribution in [3.8, 4) is 16.9 Å². The standard InChI is InChI=1S/C19H14FN3O4S/c1-27-17(25)9-16-18(26)22-19(28-16)23-21-10-13-8-12(4-7-15(13)24)11-2-5-14(20)6-3-11/h2-10,24H,1H3,(H,22,23,26)/b16-9+,21-10?. The number of halogens is 1. The Labute approximate surface area is 163 Å². The van der Waals surface area contributed by atoms with Gasteiger partial charge in [0, 0.05) is 11.6 Å². The smallest absolute Gasteiger partial charge is 0.331 e. The molecule has 1 amide bonds. The van der Waals surface area contributed by atoms with Crippen molar-refractivity contribution in [3.63, 3.8) is 0 Å². The molecule has 1 aliphatic heterocycles. The quantitative estimate of drug-likeness (QED) is 0.356. The van der Waals surface area contributed by atoms with Crippen LogP contribution < -0.4 is 5.32 Å². The largest absolute Gasteiger partial charge is 0.507 e. The lowest BCUT2D eigenvalue weighted by Crippen LogP contribution is -2.19. The normalized spacial score (nSPS) is 16.7. The number of carbonyl (C=O) groups excluding carboxylic acids is 2. The molecule has 9 heteroatoms. The number of nitrogens with one attached hydrogen (secondary N) is 1. The van der Waals surface area contributed by atoms with E-state index in [0.29, 0.717) is 5.56 Å². The van der Waals surface area contributed by atoms with E-state index in [-0.39, 0.29) is 21.6 Å². The molecular formula is C19H14FN3O4S. The average Bonchev–Trinajstić information content (AvgIpc) is 3.03. The van der Waals surface area contributed by atoms with E-state index in [1.54, 1.807) is 24.3 Å². The van der Waals surface area contributed by atoms with Crippen LogP contribution in [0.15, 0.2) is 63.6 Å². The van der Waals surface area contributed by atoms with E-state index in [4.69, 9.17) is 0 Å². The minimum Gasteiger partial charge on any atom is -0.507 e. The molecule has 0 aliphatic carbocycles. The Morgan fingerprint density at radius 2 is 1.93 bits per heavy atom. The summed E-state index contributed by atoms with van der Waals surface area (Å²) in [6.07, 6.45) is 2.38. The third-order valence-corrected chi connectivity index (χ3v) is 4.55. The van der Waals surface area contributed by atoms with Crippen molar-refractivity contribution in [2.45, 2.75) is 0 Å². The van der Waals surface area contributed by atoms with Crippen LogP contribution in [-0.4, -0.2) is 35.5 Å². The molecule has 1 fully saturated rings. The predicted molar refractivity (Wildman–Crippen MR) is 104 cm³/mol. The van der Waals surface area contributed by atoms with Crippen molar-refractivity contribution < 1.29 is 23.8 Å². The van der Waals surface area contributed by atoms with Gasteiger partial charge in [-0.05, 0) is 47.2 Å². The van der Waals surface area contributed by atoms with Gasteiger partial charge < -0.3 is 9.84 Å². The maximum atomic E-state index is 13.1. The van der Waals surface area contributed by atoms with Gasteiger partial charge in [0.15, 0.2) is 5.17 Å². The number of benzene rings is 2. The molecule has 2 N–H and O–H groups in total. The number of ether oxygens (including phenoxy) is 1. The number of phenols is 1. The Hall–Kier alpha value is -3.46. The van der Waals surface area contributed by atoms with E-state index < -0.39 is 11.9 Å². The molecular weight excluding hydrogens is 385 g/mol. The molecule has 0 saturated carbocycles. The highest BCUT2D eigenvalue weighted by Crippen LogP contribution is 2.26. The van der Waals surface area contributed by atoms with Gasteiger partial charge in [-0.25, -0.2) is 9.18 Å². The summed E-state index contributed by atoms with van der Waals surface area (Å²) in [5, 5.41) is 20.4. The average molecular weight is 399 g/mol. The van der Waals surface area contributed by atoms with Crippen molar-refractivity contribution in [2.75, 3.05) is 7.11 Å². The van der Waals surface area contributed by atoms with Crippen LogP contribution in [0.4, 0.5) is 4.39 Å². The summed E-state index contributed by atoms with van der Waals surface area (Å²) < 4.78 is 17.5. The summed E-state index contributed by atoms with van der Waals surface area (Å²) in [6, 6.07) is 10.8. The van der Waals surface area contributed by atoms with Crippen molar-refractivity contribution in [1.29, 1.82) is 0 Å². The number of methoxy groups -OCH3 is 1. The van der Waals surface area contributed by atoms with Gasteiger partial charge in [0.1, 0.15) is 11.6 Å². The van der Waals surface area contributed by atoms with Crippen LogP contribution in [-0.2, 0) is 14.3 Å². The molecule has 28 heavy (non-hydrogen) atoms. The number of phenolic OH excluding ortho intramolecular Hbond substituents is 1. The maximum Gasteiger partial charge on any atom is 0.331 e. The van der Waals surface area contributed by atoms with E-state index in [1.165, 1.54) is 31.5 Å². The second-order valence-electron chi connectivity index (χ2n) is 5.52. The van der Waals surface area contributed by atoms with E-state index in [1.807, 2.05) is 0 Å². The van der Waals surface area contributed by atoms with Gasteiger partial charge in [-0.1, -0.05) is 18.2 Å². The van der Waals surface area contributed by atoms with Gasteiger partial charge in [-0.3, -0.25) is 10.1 Å². The molecule has 1 aliphatic rings. The topological polar surface area (TPSA) is 100 Å². The number of hydrogen-bond donors (Lipinski definition) is 2. The number of aromatic hydroxyl groups is 1. The monoisotopic (exact) mass is 399 g/mol. The Balaban J connectivity index is 1.77. The van der Waals surface area contributed by atoms with Crippen LogP contribution in [0.25, 0.3) is 11.1 Å². The molecule has 2 aromatic rings. The Kier molecular flexibility index (Phi) is 5.85. The highest BCUT2D eigenvalue weighted by molar-refractivity contribution is 8.18. The van der Waals surface area contributed by atoms with Crippen LogP contribution in [0.5, 0.6) is 5.75 Å². The maximum absolute atomic E-state index is 13.1. The summed E-state index contributed by atoms with van der Waals surface area (Å²) in [4.78, 5) is 23.1. The molecule has 0 spiro atoms. The summed E-state index contributed by atoms with van der Waals surface area (Å²) >= 11 is 0.941. The fourth-order valence-corrected chi connectivity index (χ4v) is 3.00. The molecule has 3 rings (SSSR count). The fraction of sp³-hybridized carbons (Fsp3) is 0.0526. The molecule has 0 atom stereocenters. The SMILES string of the molecule is COC(=O)/C=C1/S/C(=N\N=Cc2cc(-c3ccc(F)cc3)ccc2O)NC1=O. The second kappa shape index (κ2) is 8.49. The molecule has 0 aromatic heterocycles. The second-order valence-corrected chi connectivity index (χ2v) is 6.55. The number of esters is 1. The lowest BCUT2D eigenvalue weighted by atomic mass is 10.0. The van der Waals surface area contributed by atoms with Crippen LogP contribution in [0.3, 0.4) is 0 Å². The van der Waals surface area contributed by atoms with Gasteiger partial charge in [0.05, 0.1) is 18.2 Å². The Morgan fingerprint density at radius 3 is 2.64 bits per heavy atom. The Bertz CT molecular complexity index is 1020. The van der Waals surface area contributed by atoms with Crippen molar-refractivity contribution >= 4 is 35.0 Å². The van der Waals surface area contributed by atoms with Crippen LogP contribution in [0.2, 0.25) is 0 Å². The summed E-state index contributed by atoms with van der Waals surface area (Å²) in [5.74, 6) is -1.48. The number of hydrogen-bond acceptors (Lipinski definition) is 7. The van der Waals surface area contributed by atoms with Gasteiger partial charge >= 0.3 is 5.97 Å².